The maximum Gasteiger partial charge on any atom is 0.325 e. The average Bonchev–Trinajstić information content (AvgIpc) is 2.78. The number of anilines is 1. The van der Waals surface area contributed by atoms with Crippen molar-refractivity contribution >= 4 is 28.4 Å². The number of imide groups is 1. The summed E-state index contributed by atoms with van der Waals surface area (Å²) >= 11 is 1.30. The fourth-order valence-corrected chi connectivity index (χ4v) is 2.28. The third kappa shape index (κ3) is 2.08. The van der Waals surface area contributed by atoms with Crippen molar-refractivity contribution in [2.45, 2.75) is 25.9 Å². The number of amides is 3. The van der Waals surface area contributed by atoms with E-state index in [1.54, 1.807) is 20.0 Å². The van der Waals surface area contributed by atoms with Crippen LogP contribution in [0.1, 0.15) is 18.7 Å². The average molecular weight is 255 g/mol. The fourth-order valence-electron chi connectivity index (χ4n) is 1.56. The third-order valence-corrected chi connectivity index (χ3v) is 3.35. The molecule has 0 atom stereocenters. The first-order valence-electron chi connectivity index (χ1n) is 4.99. The summed E-state index contributed by atoms with van der Waals surface area (Å²) in [5.74, 6) is 4.97. The van der Waals surface area contributed by atoms with Crippen molar-refractivity contribution in [3.05, 3.63) is 11.1 Å². The Morgan fingerprint density at radius 1 is 1.59 bits per heavy atom. The molecule has 0 bridgehead atoms. The maximum atomic E-state index is 11.9. The second-order valence-corrected chi connectivity index (χ2v) is 5.34. The standard InChI is InChI=1S/C9H13N5O2S/c1-9(2)6(15)14(8(16)12-9)4-5-3-11-7(13-10)17-5/h3H,4,10H2,1-2H3,(H,11,13)(H,12,16). The lowest BCUT2D eigenvalue weighted by Gasteiger charge is -2.14. The number of hydrazine groups is 1. The topological polar surface area (TPSA) is 100 Å². The van der Waals surface area contributed by atoms with Crippen LogP contribution in [0.2, 0.25) is 0 Å². The molecule has 92 valence electrons. The Bertz CT molecular complexity index is 470. The minimum atomic E-state index is -0.837. The predicted molar refractivity (Wildman–Crippen MR) is 63.1 cm³/mol. The van der Waals surface area contributed by atoms with Gasteiger partial charge in [0.05, 0.1) is 6.54 Å². The highest BCUT2D eigenvalue weighted by Gasteiger charge is 2.44. The van der Waals surface area contributed by atoms with Gasteiger partial charge in [0.2, 0.25) is 0 Å². The lowest BCUT2D eigenvalue weighted by molar-refractivity contribution is -0.130. The van der Waals surface area contributed by atoms with Crippen molar-refractivity contribution in [3.8, 4) is 0 Å². The third-order valence-electron chi connectivity index (χ3n) is 2.44. The Morgan fingerprint density at radius 2 is 2.29 bits per heavy atom. The highest BCUT2D eigenvalue weighted by atomic mass is 32.1. The Morgan fingerprint density at radius 3 is 2.76 bits per heavy atom. The van der Waals surface area contributed by atoms with E-state index in [0.717, 1.165) is 4.88 Å². The molecule has 8 heteroatoms. The number of nitrogens with zero attached hydrogens (tertiary/aromatic N) is 2. The van der Waals surface area contributed by atoms with Gasteiger partial charge in [-0.3, -0.25) is 15.1 Å². The van der Waals surface area contributed by atoms with Crippen LogP contribution in [-0.4, -0.2) is 27.4 Å². The van der Waals surface area contributed by atoms with E-state index < -0.39 is 5.54 Å². The first-order valence-corrected chi connectivity index (χ1v) is 5.81. The first kappa shape index (κ1) is 11.8. The molecule has 3 amide bonds. The summed E-state index contributed by atoms with van der Waals surface area (Å²) in [6.07, 6.45) is 1.59. The smallest absolute Gasteiger partial charge is 0.324 e. The monoisotopic (exact) mass is 255 g/mol. The summed E-state index contributed by atoms with van der Waals surface area (Å²) in [6.45, 7) is 3.56. The van der Waals surface area contributed by atoms with Crippen LogP contribution in [0.25, 0.3) is 0 Å². The highest BCUT2D eigenvalue weighted by Crippen LogP contribution is 2.23. The van der Waals surface area contributed by atoms with Gasteiger partial charge >= 0.3 is 6.03 Å². The molecule has 2 heterocycles. The van der Waals surface area contributed by atoms with Crippen molar-refractivity contribution < 1.29 is 9.59 Å². The summed E-state index contributed by atoms with van der Waals surface area (Å²) in [5, 5.41) is 3.16. The Kier molecular flexibility index (Phi) is 2.76. The molecule has 7 nitrogen and oxygen atoms in total. The Labute approximate surface area is 102 Å². The van der Waals surface area contributed by atoms with E-state index in [0.29, 0.717) is 5.13 Å². The van der Waals surface area contributed by atoms with Crippen LogP contribution in [0.3, 0.4) is 0 Å². The number of hydrogen-bond donors (Lipinski definition) is 3. The van der Waals surface area contributed by atoms with Gasteiger partial charge in [-0.15, -0.1) is 0 Å². The van der Waals surface area contributed by atoms with Crippen molar-refractivity contribution in [1.82, 2.24) is 15.2 Å². The molecule has 1 aromatic rings. The molecule has 0 radical (unpaired) electrons. The van der Waals surface area contributed by atoms with Crippen molar-refractivity contribution in [3.63, 3.8) is 0 Å². The molecule has 17 heavy (non-hydrogen) atoms. The molecule has 1 aliphatic rings. The molecule has 2 rings (SSSR count). The number of nitrogens with two attached hydrogens (primary N) is 1. The van der Waals surface area contributed by atoms with Crippen LogP contribution in [0.4, 0.5) is 9.93 Å². The van der Waals surface area contributed by atoms with E-state index in [9.17, 15) is 9.59 Å². The van der Waals surface area contributed by atoms with Gasteiger partial charge in [0.25, 0.3) is 5.91 Å². The zero-order valence-electron chi connectivity index (χ0n) is 9.48. The number of carbonyl (C=O) groups excluding carboxylic acids is 2. The second kappa shape index (κ2) is 3.97. The van der Waals surface area contributed by atoms with Crippen LogP contribution in [0.5, 0.6) is 0 Å². The number of nitrogen functional groups attached to an aromatic ring is 1. The summed E-state index contributed by atoms with van der Waals surface area (Å²) in [7, 11) is 0. The number of aromatic nitrogens is 1. The first-order chi connectivity index (χ1) is 7.94. The largest absolute Gasteiger partial charge is 0.325 e. The molecule has 4 N–H and O–H groups in total. The van der Waals surface area contributed by atoms with Crippen molar-refractivity contribution in [2.24, 2.45) is 5.84 Å². The summed E-state index contributed by atoms with van der Waals surface area (Å²) in [5.41, 5.74) is 1.58. The Balaban J connectivity index is 2.14. The van der Waals surface area contributed by atoms with Gasteiger partial charge < -0.3 is 5.32 Å². The van der Waals surface area contributed by atoms with E-state index in [-0.39, 0.29) is 18.5 Å². The van der Waals surface area contributed by atoms with E-state index in [1.165, 1.54) is 16.2 Å². The van der Waals surface area contributed by atoms with E-state index in [1.807, 2.05) is 0 Å². The molecule has 0 spiro atoms. The van der Waals surface area contributed by atoms with Gasteiger partial charge in [0.15, 0.2) is 5.13 Å². The van der Waals surface area contributed by atoms with Gasteiger partial charge in [-0.2, -0.15) is 0 Å². The van der Waals surface area contributed by atoms with Crippen LogP contribution in [0, 0.1) is 0 Å². The SMILES string of the molecule is CC1(C)NC(=O)N(Cc2cnc(NN)s2)C1=O. The number of carbonyl (C=O) groups is 2. The molecule has 0 aromatic carbocycles. The van der Waals surface area contributed by atoms with Crippen LogP contribution in [-0.2, 0) is 11.3 Å². The summed E-state index contributed by atoms with van der Waals surface area (Å²) < 4.78 is 0. The normalized spacial score (nSPS) is 18.4. The highest BCUT2D eigenvalue weighted by molar-refractivity contribution is 7.15. The maximum absolute atomic E-state index is 11.9. The van der Waals surface area contributed by atoms with E-state index in [4.69, 9.17) is 5.84 Å². The van der Waals surface area contributed by atoms with Crippen molar-refractivity contribution in [1.29, 1.82) is 0 Å². The lowest BCUT2D eigenvalue weighted by atomic mass is 10.1. The molecule has 1 aromatic heterocycles. The lowest BCUT2D eigenvalue weighted by Crippen LogP contribution is -2.40. The summed E-state index contributed by atoms with van der Waals surface area (Å²) in [6, 6.07) is -0.379. The van der Waals surface area contributed by atoms with E-state index >= 15 is 0 Å². The van der Waals surface area contributed by atoms with Gasteiger partial charge in [-0.25, -0.2) is 15.6 Å². The van der Waals surface area contributed by atoms with Gasteiger partial charge in [0.1, 0.15) is 5.54 Å². The zero-order valence-corrected chi connectivity index (χ0v) is 10.3. The molecule has 0 saturated carbocycles. The minimum Gasteiger partial charge on any atom is -0.324 e. The molecule has 0 aliphatic carbocycles. The van der Waals surface area contributed by atoms with Gasteiger partial charge in [-0.05, 0) is 13.8 Å². The van der Waals surface area contributed by atoms with Crippen LogP contribution < -0.4 is 16.6 Å². The summed E-state index contributed by atoms with van der Waals surface area (Å²) in [4.78, 5) is 29.5. The number of rotatable bonds is 3. The van der Waals surface area contributed by atoms with Gasteiger partial charge in [0, 0.05) is 11.1 Å². The zero-order chi connectivity index (χ0) is 12.6. The van der Waals surface area contributed by atoms with Crippen LogP contribution in [0.15, 0.2) is 6.20 Å². The molecule has 0 unspecified atom stereocenters. The fraction of sp³-hybridized carbons (Fsp3) is 0.444. The number of thiazole rings is 1. The predicted octanol–water partition coefficient (Wildman–Crippen LogP) is 0.259. The number of nitrogens with one attached hydrogen (secondary N) is 2. The minimum absolute atomic E-state index is 0.216. The van der Waals surface area contributed by atoms with Gasteiger partial charge in [-0.1, -0.05) is 11.3 Å². The molecular formula is C9H13N5O2S. The molecule has 1 fully saturated rings. The van der Waals surface area contributed by atoms with E-state index in [2.05, 4.69) is 15.7 Å². The second-order valence-electron chi connectivity index (χ2n) is 4.22. The quantitative estimate of drug-likeness (QED) is 0.408. The van der Waals surface area contributed by atoms with Crippen molar-refractivity contribution in [2.75, 3.05) is 5.43 Å². The number of urea groups is 1. The molecule has 1 saturated heterocycles. The Hall–Kier alpha value is -1.67. The number of hydrogen-bond acceptors (Lipinski definition) is 6. The molecule has 1 aliphatic heterocycles. The molecular weight excluding hydrogens is 242 g/mol. The van der Waals surface area contributed by atoms with Crippen LogP contribution >= 0.6 is 11.3 Å².